The summed E-state index contributed by atoms with van der Waals surface area (Å²) in [5, 5.41) is 3.00. The standard InChI is InChI=1S/C15H24N2O2/c1-5-10(2)8-11(3)17-15(18)12-6-7-13(16)14(9-12)19-4/h6-7,9-11H,5,8,16H2,1-4H3,(H,17,18). The van der Waals surface area contributed by atoms with Crippen molar-refractivity contribution in [3.05, 3.63) is 23.8 Å². The molecule has 4 nitrogen and oxygen atoms in total. The van der Waals surface area contributed by atoms with E-state index in [0.29, 0.717) is 22.9 Å². The van der Waals surface area contributed by atoms with E-state index in [9.17, 15) is 4.79 Å². The minimum atomic E-state index is -0.0888. The summed E-state index contributed by atoms with van der Waals surface area (Å²) in [7, 11) is 1.54. The van der Waals surface area contributed by atoms with Crippen LogP contribution in [0.1, 0.15) is 44.0 Å². The van der Waals surface area contributed by atoms with Crippen LogP contribution in [-0.2, 0) is 0 Å². The monoisotopic (exact) mass is 264 g/mol. The first-order valence-electron chi connectivity index (χ1n) is 6.72. The molecule has 2 atom stereocenters. The number of nitrogens with two attached hydrogens (primary N) is 1. The van der Waals surface area contributed by atoms with Gasteiger partial charge in [-0.3, -0.25) is 4.79 Å². The van der Waals surface area contributed by atoms with Crippen LogP contribution >= 0.6 is 0 Å². The molecule has 3 N–H and O–H groups in total. The summed E-state index contributed by atoms with van der Waals surface area (Å²) in [5.74, 6) is 1.05. The topological polar surface area (TPSA) is 64.4 Å². The van der Waals surface area contributed by atoms with Gasteiger partial charge in [-0.05, 0) is 37.5 Å². The molecule has 19 heavy (non-hydrogen) atoms. The minimum Gasteiger partial charge on any atom is -0.495 e. The maximum atomic E-state index is 12.1. The molecule has 2 unspecified atom stereocenters. The average Bonchev–Trinajstić information content (AvgIpc) is 2.38. The van der Waals surface area contributed by atoms with E-state index in [1.54, 1.807) is 25.3 Å². The normalized spacial score (nSPS) is 13.7. The minimum absolute atomic E-state index is 0.0888. The number of nitrogen functional groups attached to an aromatic ring is 1. The van der Waals surface area contributed by atoms with Crippen molar-refractivity contribution in [1.29, 1.82) is 0 Å². The highest BCUT2D eigenvalue weighted by atomic mass is 16.5. The van der Waals surface area contributed by atoms with E-state index in [1.165, 1.54) is 0 Å². The second-order valence-corrected chi connectivity index (χ2v) is 5.08. The number of benzene rings is 1. The Hall–Kier alpha value is -1.71. The summed E-state index contributed by atoms with van der Waals surface area (Å²) in [6.45, 7) is 6.37. The van der Waals surface area contributed by atoms with Gasteiger partial charge in [0.05, 0.1) is 12.8 Å². The lowest BCUT2D eigenvalue weighted by Crippen LogP contribution is -2.33. The van der Waals surface area contributed by atoms with Gasteiger partial charge in [-0.25, -0.2) is 0 Å². The van der Waals surface area contributed by atoms with Crippen LogP contribution < -0.4 is 15.8 Å². The van der Waals surface area contributed by atoms with Gasteiger partial charge in [0.15, 0.2) is 0 Å². The Morgan fingerprint density at radius 2 is 2.11 bits per heavy atom. The van der Waals surface area contributed by atoms with Crippen LogP contribution in [0.4, 0.5) is 5.69 Å². The summed E-state index contributed by atoms with van der Waals surface area (Å²) >= 11 is 0. The highest BCUT2D eigenvalue weighted by molar-refractivity contribution is 5.95. The number of anilines is 1. The lowest BCUT2D eigenvalue weighted by atomic mass is 10.00. The van der Waals surface area contributed by atoms with E-state index in [1.807, 2.05) is 6.92 Å². The summed E-state index contributed by atoms with van der Waals surface area (Å²) in [5.41, 5.74) is 6.83. The van der Waals surface area contributed by atoms with Crippen LogP contribution in [0.5, 0.6) is 5.75 Å². The van der Waals surface area contributed by atoms with Gasteiger partial charge < -0.3 is 15.8 Å². The zero-order valence-corrected chi connectivity index (χ0v) is 12.2. The number of hydrogen-bond donors (Lipinski definition) is 2. The van der Waals surface area contributed by atoms with Crippen molar-refractivity contribution in [2.75, 3.05) is 12.8 Å². The Kier molecular flexibility index (Phi) is 5.67. The Bertz CT molecular complexity index is 432. The van der Waals surface area contributed by atoms with Gasteiger partial charge in [0.25, 0.3) is 5.91 Å². The van der Waals surface area contributed by atoms with Gasteiger partial charge in [-0.1, -0.05) is 20.3 Å². The number of carbonyl (C=O) groups is 1. The Morgan fingerprint density at radius 1 is 1.42 bits per heavy atom. The van der Waals surface area contributed by atoms with Gasteiger partial charge in [0.2, 0.25) is 0 Å². The third kappa shape index (κ3) is 4.47. The predicted octanol–water partition coefficient (Wildman–Crippen LogP) is 2.83. The van der Waals surface area contributed by atoms with E-state index in [0.717, 1.165) is 12.8 Å². The lowest BCUT2D eigenvalue weighted by molar-refractivity contribution is 0.0935. The molecule has 1 amide bonds. The van der Waals surface area contributed by atoms with Crippen molar-refractivity contribution in [3.63, 3.8) is 0 Å². The van der Waals surface area contributed by atoms with Gasteiger partial charge >= 0.3 is 0 Å². The van der Waals surface area contributed by atoms with Gasteiger partial charge in [0, 0.05) is 11.6 Å². The summed E-state index contributed by atoms with van der Waals surface area (Å²) in [6.07, 6.45) is 2.10. The molecule has 0 radical (unpaired) electrons. The zero-order chi connectivity index (χ0) is 14.4. The van der Waals surface area contributed by atoms with Crippen LogP contribution in [0.15, 0.2) is 18.2 Å². The fraction of sp³-hybridized carbons (Fsp3) is 0.533. The van der Waals surface area contributed by atoms with Crippen molar-refractivity contribution in [1.82, 2.24) is 5.32 Å². The van der Waals surface area contributed by atoms with E-state index in [2.05, 4.69) is 19.2 Å². The molecule has 0 fully saturated rings. The van der Waals surface area contributed by atoms with E-state index in [4.69, 9.17) is 10.5 Å². The molecular formula is C15H24N2O2. The van der Waals surface area contributed by atoms with Gasteiger partial charge in [-0.15, -0.1) is 0 Å². The molecule has 106 valence electrons. The molecule has 1 aromatic carbocycles. The third-order valence-corrected chi connectivity index (χ3v) is 3.33. The largest absolute Gasteiger partial charge is 0.495 e. The van der Waals surface area contributed by atoms with Crippen molar-refractivity contribution >= 4 is 11.6 Å². The fourth-order valence-corrected chi connectivity index (χ4v) is 1.99. The number of nitrogens with one attached hydrogen (secondary N) is 1. The highest BCUT2D eigenvalue weighted by Crippen LogP contribution is 2.22. The van der Waals surface area contributed by atoms with Crippen molar-refractivity contribution in [2.24, 2.45) is 5.92 Å². The molecule has 0 spiro atoms. The summed E-state index contributed by atoms with van der Waals surface area (Å²) < 4.78 is 5.12. The van der Waals surface area contributed by atoms with Crippen LogP contribution in [0.25, 0.3) is 0 Å². The highest BCUT2D eigenvalue weighted by Gasteiger charge is 2.13. The van der Waals surface area contributed by atoms with Gasteiger partial charge in [0.1, 0.15) is 5.75 Å². The molecule has 1 aromatic rings. The molecule has 0 bridgehead atoms. The third-order valence-electron chi connectivity index (χ3n) is 3.33. The first-order chi connectivity index (χ1) is 8.97. The lowest BCUT2D eigenvalue weighted by Gasteiger charge is -2.17. The zero-order valence-electron chi connectivity index (χ0n) is 12.2. The smallest absolute Gasteiger partial charge is 0.251 e. The quantitative estimate of drug-likeness (QED) is 0.776. The second-order valence-electron chi connectivity index (χ2n) is 5.08. The second kappa shape index (κ2) is 7.02. The Morgan fingerprint density at radius 3 is 2.68 bits per heavy atom. The van der Waals surface area contributed by atoms with Crippen molar-refractivity contribution in [3.8, 4) is 5.75 Å². The molecule has 0 aliphatic carbocycles. The number of ether oxygens (including phenoxy) is 1. The Balaban J connectivity index is 2.67. The molecule has 0 aromatic heterocycles. The number of carbonyl (C=O) groups excluding carboxylic acids is 1. The van der Waals surface area contributed by atoms with Crippen LogP contribution in [0.3, 0.4) is 0 Å². The van der Waals surface area contributed by atoms with E-state index in [-0.39, 0.29) is 11.9 Å². The van der Waals surface area contributed by atoms with Crippen molar-refractivity contribution < 1.29 is 9.53 Å². The first kappa shape index (κ1) is 15.3. The average molecular weight is 264 g/mol. The fourth-order valence-electron chi connectivity index (χ4n) is 1.99. The molecule has 1 rings (SSSR count). The molecule has 4 heteroatoms. The maximum absolute atomic E-state index is 12.1. The van der Waals surface area contributed by atoms with Crippen LogP contribution in [0, 0.1) is 5.92 Å². The Labute approximate surface area is 115 Å². The SMILES string of the molecule is CCC(C)CC(C)NC(=O)c1ccc(N)c(OC)c1. The molecule has 0 aliphatic heterocycles. The number of amides is 1. The molecule has 0 heterocycles. The number of hydrogen-bond acceptors (Lipinski definition) is 3. The van der Waals surface area contributed by atoms with Crippen molar-refractivity contribution in [2.45, 2.75) is 39.7 Å². The maximum Gasteiger partial charge on any atom is 0.251 e. The summed E-state index contributed by atoms with van der Waals surface area (Å²) in [4.78, 5) is 12.1. The molecular weight excluding hydrogens is 240 g/mol. The number of rotatable bonds is 6. The molecule has 0 aliphatic rings. The van der Waals surface area contributed by atoms with Crippen LogP contribution in [-0.4, -0.2) is 19.1 Å². The first-order valence-corrected chi connectivity index (χ1v) is 6.72. The van der Waals surface area contributed by atoms with E-state index < -0.39 is 0 Å². The number of methoxy groups -OCH3 is 1. The molecule has 0 saturated heterocycles. The van der Waals surface area contributed by atoms with Crippen LogP contribution in [0.2, 0.25) is 0 Å². The van der Waals surface area contributed by atoms with Gasteiger partial charge in [-0.2, -0.15) is 0 Å². The summed E-state index contributed by atoms with van der Waals surface area (Å²) in [6, 6.07) is 5.22. The predicted molar refractivity (Wildman–Crippen MR) is 78.4 cm³/mol. The van der Waals surface area contributed by atoms with E-state index >= 15 is 0 Å². The molecule has 0 saturated carbocycles.